The lowest BCUT2D eigenvalue weighted by molar-refractivity contribution is -0.556. The maximum Gasteiger partial charge on any atom is 0.293 e. The van der Waals surface area contributed by atoms with Gasteiger partial charge in [0.15, 0.2) is 12.4 Å². The van der Waals surface area contributed by atoms with E-state index in [4.69, 9.17) is 0 Å². The van der Waals surface area contributed by atoms with Crippen LogP contribution in [0.2, 0.25) is 0 Å². The Bertz CT molecular complexity index is 876. The zero-order valence-electron chi connectivity index (χ0n) is 11.0. The number of pyridine rings is 2. The lowest BCUT2D eigenvalue weighted by Crippen LogP contribution is -3.00. The number of hydrogen-bond acceptors (Lipinski definition) is 1. The molecule has 0 saturated carbocycles. The van der Waals surface area contributed by atoms with E-state index in [0.29, 0.717) is 0 Å². The molecule has 0 bridgehead atoms. The molecule has 4 heterocycles. The summed E-state index contributed by atoms with van der Waals surface area (Å²) < 4.78 is 4.44. The van der Waals surface area contributed by atoms with Crippen molar-refractivity contribution in [3.8, 4) is 10.6 Å². The molecule has 106 valence electrons. The van der Waals surface area contributed by atoms with Crippen LogP contribution in [0.4, 0.5) is 0 Å². The number of thiophene rings is 1. The molecule has 4 aromatic rings. The highest BCUT2D eigenvalue weighted by molar-refractivity contribution is 7.13. The third kappa shape index (κ3) is 2.73. The lowest BCUT2D eigenvalue weighted by Gasteiger charge is -1.97. The van der Waals surface area contributed by atoms with E-state index >= 15 is 0 Å². The minimum Gasteiger partial charge on any atom is -1.00 e. The molecular formula is C16H12Br2N2S. The van der Waals surface area contributed by atoms with Gasteiger partial charge in [0.05, 0.1) is 0 Å². The van der Waals surface area contributed by atoms with Crippen LogP contribution in [0.3, 0.4) is 0 Å². The van der Waals surface area contributed by atoms with Crippen LogP contribution in [0.1, 0.15) is 0 Å². The van der Waals surface area contributed by atoms with Crippen LogP contribution in [0.25, 0.3) is 21.6 Å². The minimum absolute atomic E-state index is 0. The first kappa shape index (κ1) is 16.1. The van der Waals surface area contributed by atoms with Crippen LogP contribution in [-0.2, 0) is 0 Å². The summed E-state index contributed by atoms with van der Waals surface area (Å²) in [5, 5.41) is 2.12. The molecular weight excluding hydrogens is 412 g/mol. The van der Waals surface area contributed by atoms with Gasteiger partial charge in [0.25, 0.3) is 16.7 Å². The van der Waals surface area contributed by atoms with Gasteiger partial charge < -0.3 is 34.0 Å². The molecule has 0 spiro atoms. The summed E-state index contributed by atoms with van der Waals surface area (Å²) in [5.41, 5.74) is 3.65. The Morgan fingerprint density at radius 3 is 2.29 bits per heavy atom. The van der Waals surface area contributed by atoms with Gasteiger partial charge in [-0.1, -0.05) is 6.07 Å². The Labute approximate surface area is 147 Å². The molecule has 21 heavy (non-hydrogen) atoms. The first-order valence-corrected chi connectivity index (χ1v) is 7.09. The molecule has 4 rings (SSSR count). The maximum atomic E-state index is 2.25. The van der Waals surface area contributed by atoms with E-state index in [1.807, 2.05) is 0 Å². The van der Waals surface area contributed by atoms with E-state index in [1.54, 1.807) is 11.3 Å². The zero-order chi connectivity index (χ0) is 12.7. The zero-order valence-corrected chi connectivity index (χ0v) is 15.0. The quantitative estimate of drug-likeness (QED) is 0.226. The maximum absolute atomic E-state index is 2.25. The van der Waals surface area contributed by atoms with E-state index in [2.05, 4.69) is 81.3 Å². The fraction of sp³-hybridized carbons (Fsp3) is 0. The van der Waals surface area contributed by atoms with E-state index < -0.39 is 0 Å². The second-order valence-corrected chi connectivity index (χ2v) is 5.39. The monoisotopic (exact) mass is 422 g/mol. The van der Waals surface area contributed by atoms with Crippen molar-refractivity contribution in [1.29, 1.82) is 0 Å². The summed E-state index contributed by atoms with van der Waals surface area (Å²) in [5.74, 6) is 0. The highest BCUT2D eigenvalue weighted by Gasteiger charge is 2.21. The predicted molar refractivity (Wildman–Crippen MR) is 76.1 cm³/mol. The smallest absolute Gasteiger partial charge is 0.293 e. The standard InChI is InChI=1S/C16H12N2S.2BrH/c1-3-9-17-12-15(16-8-5-11-19-16)18-10-4-2-7-14(18)13(17)6-1;;/h1-12H;2*1H/q+2;;/p-2. The van der Waals surface area contributed by atoms with Crippen LogP contribution in [0.5, 0.6) is 0 Å². The summed E-state index contributed by atoms with van der Waals surface area (Å²) in [6.45, 7) is 0. The van der Waals surface area contributed by atoms with Gasteiger partial charge in [-0.25, -0.2) is 0 Å². The highest BCUT2D eigenvalue weighted by Crippen LogP contribution is 2.21. The summed E-state index contributed by atoms with van der Waals surface area (Å²) in [7, 11) is 0. The molecule has 0 aliphatic rings. The van der Waals surface area contributed by atoms with Gasteiger partial charge in [0, 0.05) is 24.3 Å². The molecule has 0 aromatic carbocycles. The molecule has 0 atom stereocenters. The Morgan fingerprint density at radius 1 is 0.762 bits per heavy atom. The van der Waals surface area contributed by atoms with Crippen molar-refractivity contribution in [3.63, 3.8) is 0 Å². The molecule has 2 nitrogen and oxygen atoms in total. The Kier molecular flexibility index (Phi) is 5.08. The second-order valence-electron chi connectivity index (χ2n) is 4.44. The second kappa shape index (κ2) is 6.64. The molecule has 0 saturated heterocycles. The molecule has 0 unspecified atom stereocenters. The predicted octanol–water partition coefficient (Wildman–Crippen LogP) is -3.10. The molecule has 0 aliphatic carbocycles. The molecule has 0 N–H and O–H groups in total. The number of halogens is 2. The van der Waals surface area contributed by atoms with Gasteiger partial charge in [0.2, 0.25) is 6.20 Å². The highest BCUT2D eigenvalue weighted by atomic mass is 79.9. The average molecular weight is 424 g/mol. The van der Waals surface area contributed by atoms with Gasteiger partial charge in [-0.2, -0.15) is 4.40 Å². The van der Waals surface area contributed by atoms with Crippen LogP contribution in [0, 0.1) is 0 Å². The lowest BCUT2D eigenvalue weighted by atomic mass is 10.2. The summed E-state index contributed by atoms with van der Waals surface area (Å²) in [6.07, 6.45) is 6.41. The first-order valence-electron chi connectivity index (χ1n) is 6.21. The Balaban J connectivity index is 0.000000807. The fourth-order valence-corrected chi connectivity index (χ4v) is 3.18. The number of aromatic nitrogens is 2. The third-order valence-electron chi connectivity index (χ3n) is 3.31. The summed E-state index contributed by atoms with van der Waals surface area (Å²) in [6, 6.07) is 16.9. The number of rotatable bonds is 1. The van der Waals surface area contributed by atoms with Crippen molar-refractivity contribution in [2.45, 2.75) is 0 Å². The van der Waals surface area contributed by atoms with Gasteiger partial charge >= 0.3 is 0 Å². The minimum atomic E-state index is 0. The fourth-order valence-electron chi connectivity index (χ4n) is 2.45. The van der Waals surface area contributed by atoms with Gasteiger partial charge in [-0.3, -0.25) is 0 Å². The SMILES string of the molecule is [Br-].[Br-].c1csc(-c2c[n+]3ccccc3c3cccc[n+]23)c1. The Morgan fingerprint density at radius 2 is 1.52 bits per heavy atom. The van der Waals surface area contributed by atoms with E-state index in [1.165, 1.54) is 21.6 Å². The van der Waals surface area contributed by atoms with Crippen molar-refractivity contribution in [2.24, 2.45) is 0 Å². The number of fused-ring (bicyclic) bond motifs is 3. The molecule has 0 aliphatic heterocycles. The normalized spacial score (nSPS) is 10.1. The van der Waals surface area contributed by atoms with Crippen LogP contribution < -0.4 is 42.8 Å². The van der Waals surface area contributed by atoms with Crippen molar-refractivity contribution in [3.05, 3.63) is 72.5 Å². The molecule has 4 aromatic heterocycles. The molecule has 0 radical (unpaired) electrons. The summed E-state index contributed by atoms with van der Waals surface area (Å²) in [4.78, 5) is 1.28. The third-order valence-corrected chi connectivity index (χ3v) is 4.20. The van der Waals surface area contributed by atoms with Crippen LogP contribution >= 0.6 is 11.3 Å². The topological polar surface area (TPSA) is 8.20 Å². The van der Waals surface area contributed by atoms with Crippen molar-refractivity contribution >= 4 is 22.4 Å². The van der Waals surface area contributed by atoms with E-state index in [-0.39, 0.29) is 34.0 Å². The van der Waals surface area contributed by atoms with Gasteiger partial charge in [-0.05, 0) is 23.6 Å². The van der Waals surface area contributed by atoms with E-state index in [0.717, 1.165) is 0 Å². The average Bonchev–Trinajstić information content (AvgIpc) is 3.00. The first-order chi connectivity index (χ1) is 9.43. The van der Waals surface area contributed by atoms with Gasteiger partial charge in [-0.15, -0.1) is 15.7 Å². The molecule has 0 fully saturated rings. The van der Waals surface area contributed by atoms with Crippen molar-refractivity contribution < 1.29 is 42.8 Å². The number of nitrogens with zero attached hydrogens (tertiary/aromatic N) is 2. The molecule has 5 heteroatoms. The molecule has 0 amide bonds. The van der Waals surface area contributed by atoms with E-state index in [9.17, 15) is 0 Å². The van der Waals surface area contributed by atoms with Crippen molar-refractivity contribution in [1.82, 2.24) is 0 Å². The Hall–Kier alpha value is -1.30. The largest absolute Gasteiger partial charge is 1.00 e. The van der Waals surface area contributed by atoms with Crippen LogP contribution in [0.15, 0.2) is 72.5 Å². The number of hydrogen-bond donors (Lipinski definition) is 0. The summed E-state index contributed by atoms with van der Waals surface area (Å²) >= 11 is 1.77. The van der Waals surface area contributed by atoms with Crippen molar-refractivity contribution in [2.75, 3.05) is 0 Å². The van der Waals surface area contributed by atoms with Gasteiger partial charge in [0.1, 0.15) is 4.88 Å². The van der Waals surface area contributed by atoms with Crippen LogP contribution in [-0.4, -0.2) is 0 Å².